The first-order valence-electron chi connectivity index (χ1n) is 7.16. The molecule has 1 aromatic carbocycles. The average Bonchev–Trinajstić information content (AvgIpc) is 2.69. The molecule has 0 atom stereocenters. The number of benzene rings is 1. The molecular weight excluding hydrogens is 268 g/mol. The highest BCUT2D eigenvalue weighted by molar-refractivity contribution is 5.94. The molecule has 1 aliphatic heterocycles. The summed E-state index contributed by atoms with van der Waals surface area (Å²) < 4.78 is 0. The van der Waals surface area contributed by atoms with Crippen molar-refractivity contribution in [1.82, 2.24) is 10.4 Å². The minimum Gasteiger partial charge on any atom is -0.335 e. The number of nitrogens with zero attached hydrogens (tertiary/aromatic N) is 1. The summed E-state index contributed by atoms with van der Waals surface area (Å²) in [4.78, 5) is 25.4. The standard InChI is InChI=1S/C16H20N2O3/c19-15(17-21)10-9-14-8-4-5-11-18(16(14)20)12-13-6-2-1-3-7-13/h1-3,6-8,21H,4-5,9-12H2,(H,17,19). The molecule has 0 bridgehead atoms. The Bertz CT molecular complexity index is 526. The third-order valence-corrected chi connectivity index (χ3v) is 3.55. The zero-order chi connectivity index (χ0) is 15.1. The lowest BCUT2D eigenvalue weighted by molar-refractivity contribution is -0.129. The topological polar surface area (TPSA) is 69.6 Å². The fraction of sp³-hybridized carbons (Fsp3) is 0.375. The highest BCUT2D eigenvalue weighted by Gasteiger charge is 2.21. The zero-order valence-electron chi connectivity index (χ0n) is 11.9. The second kappa shape index (κ2) is 7.59. The fourth-order valence-electron chi connectivity index (χ4n) is 2.42. The van der Waals surface area contributed by atoms with Crippen molar-refractivity contribution in [3.63, 3.8) is 0 Å². The van der Waals surface area contributed by atoms with Crippen LogP contribution in [0.5, 0.6) is 0 Å². The summed E-state index contributed by atoms with van der Waals surface area (Å²) >= 11 is 0. The Hall–Kier alpha value is -2.14. The molecule has 2 N–H and O–H groups in total. The number of amides is 2. The molecule has 0 radical (unpaired) electrons. The summed E-state index contributed by atoms with van der Waals surface area (Å²) in [5.74, 6) is -0.482. The summed E-state index contributed by atoms with van der Waals surface area (Å²) in [5, 5.41) is 8.52. The molecule has 0 aromatic heterocycles. The predicted octanol–water partition coefficient (Wildman–Crippen LogP) is 2.02. The molecule has 2 rings (SSSR count). The van der Waals surface area contributed by atoms with Crippen molar-refractivity contribution in [2.45, 2.75) is 32.2 Å². The Morgan fingerprint density at radius 1 is 1.29 bits per heavy atom. The maximum atomic E-state index is 12.5. The molecule has 1 heterocycles. The largest absolute Gasteiger partial charge is 0.335 e. The van der Waals surface area contributed by atoms with E-state index in [2.05, 4.69) is 0 Å². The molecule has 1 aromatic rings. The lowest BCUT2D eigenvalue weighted by Gasteiger charge is -2.22. The van der Waals surface area contributed by atoms with Crippen LogP contribution in [0, 0.1) is 0 Å². The second-order valence-corrected chi connectivity index (χ2v) is 5.12. The quantitative estimate of drug-likeness (QED) is 0.643. The van der Waals surface area contributed by atoms with Crippen LogP contribution in [0.3, 0.4) is 0 Å². The predicted molar refractivity (Wildman–Crippen MR) is 78.3 cm³/mol. The minimum absolute atomic E-state index is 0.0120. The van der Waals surface area contributed by atoms with Gasteiger partial charge in [0.2, 0.25) is 11.8 Å². The Labute approximate surface area is 124 Å². The minimum atomic E-state index is -0.470. The van der Waals surface area contributed by atoms with Crippen molar-refractivity contribution < 1.29 is 14.8 Å². The number of allylic oxidation sites excluding steroid dienone is 1. The Kier molecular flexibility index (Phi) is 5.51. The Balaban J connectivity index is 2.01. The third kappa shape index (κ3) is 4.43. The van der Waals surface area contributed by atoms with Gasteiger partial charge in [0, 0.05) is 25.1 Å². The van der Waals surface area contributed by atoms with E-state index < -0.39 is 5.91 Å². The van der Waals surface area contributed by atoms with Crippen LogP contribution < -0.4 is 5.48 Å². The summed E-state index contributed by atoms with van der Waals surface area (Å²) in [6.07, 6.45) is 4.16. The van der Waals surface area contributed by atoms with Crippen LogP contribution in [-0.2, 0) is 16.1 Å². The Morgan fingerprint density at radius 3 is 2.76 bits per heavy atom. The van der Waals surface area contributed by atoms with Crippen molar-refractivity contribution >= 4 is 11.8 Å². The van der Waals surface area contributed by atoms with E-state index in [1.165, 1.54) is 0 Å². The van der Waals surface area contributed by atoms with E-state index in [4.69, 9.17) is 5.21 Å². The van der Waals surface area contributed by atoms with Gasteiger partial charge in [0.05, 0.1) is 0 Å². The molecule has 0 saturated heterocycles. The van der Waals surface area contributed by atoms with Gasteiger partial charge in [0.1, 0.15) is 0 Å². The third-order valence-electron chi connectivity index (χ3n) is 3.55. The maximum Gasteiger partial charge on any atom is 0.249 e. The highest BCUT2D eigenvalue weighted by Crippen LogP contribution is 2.18. The molecule has 0 saturated carbocycles. The smallest absolute Gasteiger partial charge is 0.249 e. The van der Waals surface area contributed by atoms with Gasteiger partial charge < -0.3 is 4.90 Å². The highest BCUT2D eigenvalue weighted by atomic mass is 16.5. The molecule has 2 amide bonds. The monoisotopic (exact) mass is 288 g/mol. The normalized spacial score (nSPS) is 15.4. The summed E-state index contributed by atoms with van der Waals surface area (Å²) in [7, 11) is 0. The van der Waals surface area contributed by atoms with Crippen molar-refractivity contribution in [2.24, 2.45) is 0 Å². The van der Waals surface area contributed by atoms with Crippen LogP contribution in [0.15, 0.2) is 42.0 Å². The average molecular weight is 288 g/mol. The van der Waals surface area contributed by atoms with E-state index in [0.717, 1.165) is 24.9 Å². The molecule has 0 fully saturated rings. The van der Waals surface area contributed by atoms with E-state index in [0.29, 0.717) is 18.5 Å². The summed E-state index contributed by atoms with van der Waals surface area (Å²) in [6.45, 7) is 1.31. The van der Waals surface area contributed by atoms with Gasteiger partial charge in [0.15, 0.2) is 0 Å². The number of carbonyl (C=O) groups is 2. The van der Waals surface area contributed by atoms with Gasteiger partial charge in [-0.25, -0.2) is 5.48 Å². The van der Waals surface area contributed by atoms with E-state index >= 15 is 0 Å². The summed E-state index contributed by atoms with van der Waals surface area (Å²) in [6, 6.07) is 9.87. The molecule has 5 heteroatoms. The van der Waals surface area contributed by atoms with Crippen LogP contribution in [0.2, 0.25) is 0 Å². The number of hydrogen-bond donors (Lipinski definition) is 2. The van der Waals surface area contributed by atoms with Gasteiger partial charge in [-0.15, -0.1) is 0 Å². The molecule has 0 spiro atoms. The molecule has 1 aliphatic rings. The first-order valence-corrected chi connectivity index (χ1v) is 7.16. The number of hydroxylamine groups is 1. The van der Waals surface area contributed by atoms with Gasteiger partial charge in [-0.2, -0.15) is 0 Å². The van der Waals surface area contributed by atoms with Gasteiger partial charge in [-0.05, 0) is 24.8 Å². The maximum absolute atomic E-state index is 12.5. The van der Waals surface area contributed by atoms with Gasteiger partial charge in [-0.1, -0.05) is 36.4 Å². The van der Waals surface area contributed by atoms with Gasteiger partial charge in [0.25, 0.3) is 0 Å². The molecule has 112 valence electrons. The van der Waals surface area contributed by atoms with Gasteiger partial charge >= 0.3 is 0 Å². The summed E-state index contributed by atoms with van der Waals surface area (Å²) in [5.41, 5.74) is 3.35. The fourth-order valence-corrected chi connectivity index (χ4v) is 2.42. The van der Waals surface area contributed by atoms with Crippen molar-refractivity contribution in [2.75, 3.05) is 6.54 Å². The van der Waals surface area contributed by atoms with E-state index in [1.54, 1.807) is 5.48 Å². The van der Waals surface area contributed by atoms with Crippen molar-refractivity contribution in [1.29, 1.82) is 0 Å². The molecule has 0 unspecified atom stereocenters. The molecular formula is C16H20N2O3. The number of hydrogen-bond acceptors (Lipinski definition) is 3. The first-order chi connectivity index (χ1) is 10.2. The number of carbonyl (C=O) groups excluding carboxylic acids is 2. The Morgan fingerprint density at radius 2 is 2.05 bits per heavy atom. The van der Waals surface area contributed by atoms with E-state index in [9.17, 15) is 9.59 Å². The van der Waals surface area contributed by atoms with Crippen LogP contribution in [0.1, 0.15) is 31.2 Å². The van der Waals surface area contributed by atoms with Crippen LogP contribution in [0.4, 0.5) is 0 Å². The number of rotatable bonds is 5. The van der Waals surface area contributed by atoms with Gasteiger partial charge in [-0.3, -0.25) is 14.8 Å². The van der Waals surface area contributed by atoms with Crippen LogP contribution in [0.25, 0.3) is 0 Å². The van der Waals surface area contributed by atoms with Crippen molar-refractivity contribution in [3.8, 4) is 0 Å². The van der Waals surface area contributed by atoms with E-state index in [1.807, 2.05) is 41.3 Å². The lowest BCUT2D eigenvalue weighted by atomic mass is 10.1. The van der Waals surface area contributed by atoms with Crippen molar-refractivity contribution in [3.05, 3.63) is 47.5 Å². The first kappa shape index (κ1) is 15.3. The molecule has 21 heavy (non-hydrogen) atoms. The van der Waals surface area contributed by atoms with Crippen LogP contribution in [-0.4, -0.2) is 28.5 Å². The lowest BCUT2D eigenvalue weighted by Crippen LogP contribution is -2.32. The second-order valence-electron chi connectivity index (χ2n) is 5.12. The number of nitrogens with one attached hydrogen (secondary N) is 1. The molecule has 0 aliphatic carbocycles. The van der Waals surface area contributed by atoms with Crippen LogP contribution >= 0.6 is 0 Å². The SMILES string of the molecule is O=C(CCC1=CCCCN(Cc2ccccc2)C1=O)NO. The van der Waals surface area contributed by atoms with E-state index in [-0.39, 0.29) is 12.3 Å². The zero-order valence-corrected chi connectivity index (χ0v) is 11.9. The molecule has 5 nitrogen and oxygen atoms in total.